The van der Waals surface area contributed by atoms with E-state index in [0.29, 0.717) is 75.8 Å². The summed E-state index contributed by atoms with van der Waals surface area (Å²) in [7, 11) is 0. The second-order valence-electron chi connectivity index (χ2n) is 15.8. The van der Waals surface area contributed by atoms with Gasteiger partial charge in [0.2, 0.25) is 11.8 Å². The Labute approximate surface area is 361 Å². The molecule has 340 valence electrons. The van der Waals surface area contributed by atoms with E-state index in [2.05, 4.69) is 30.1 Å². The number of pyridine rings is 2. The fourth-order valence-corrected chi connectivity index (χ4v) is 8.17. The molecule has 16 nitrogen and oxygen atoms in total. The topological polar surface area (TPSA) is 214 Å². The van der Waals surface area contributed by atoms with Gasteiger partial charge in [-0.05, 0) is 99.9 Å². The number of hydrogen-bond donors (Lipinski definition) is 4. The van der Waals surface area contributed by atoms with Gasteiger partial charge in [0.25, 0.3) is 0 Å². The molecule has 4 aromatic rings. The van der Waals surface area contributed by atoms with Crippen LogP contribution in [0.2, 0.25) is 0 Å². The van der Waals surface area contributed by atoms with Gasteiger partial charge in [0.1, 0.15) is 22.7 Å². The van der Waals surface area contributed by atoms with E-state index in [9.17, 15) is 45.5 Å². The van der Waals surface area contributed by atoms with E-state index < -0.39 is 53.5 Å². The van der Waals surface area contributed by atoms with Gasteiger partial charge >= 0.3 is 24.9 Å². The molecule has 2 saturated heterocycles. The largest absolute Gasteiger partial charge is 0.573 e. The number of nitrogens with one attached hydrogen (secondary N) is 2. The summed E-state index contributed by atoms with van der Waals surface area (Å²) in [4.78, 5) is 61.2. The van der Waals surface area contributed by atoms with Crippen LogP contribution in [0.15, 0.2) is 85.5 Å². The predicted octanol–water partition coefficient (Wildman–Crippen LogP) is 8.17. The van der Waals surface area contributed by atoms with Crippen molar-refractivity contribution in [3.8, 4) is 11.5 Å². The number of nitrogen functional groups attached to an aromatic ring is 2. The third kappa shape index (κ3) is 11.0. The molecule has 2 aromatic heterocycles. The van der Waals surface area contributed by atoms with Crippen molar-refractivity contribution in [3.05, 3.63) is 85.5 Å². The third-order valence-corrected chi connectivity index (χ3v) is 11.4. The first-order chi connectivity index (χ1) is 30.3. The number of benzene rings is 2. The van der Waals surface area contributed by atoms with Crippen molar-refractivity contribution in [2.75, 3.05) is 45.0 Å². The van der Waals surface area contributed by atoms with E-state index in [1.165, 1.54) is 17.0 Å². The highest BCUT2D eigenvalue weighted by molar-refractivity contribution is 5.97. The van der Waals surface area contributed by atoms with Crippen LogP contribution < -0.4 is 41.4 Å². The Morgan fingerprint density at radius 3 is 1.50 bits per heavy atom. The van der Waals surface area contributed by atoms with Gasteiger partial charge < -0.3 is 41.0 Å². The zero-order valence-electron chi connectivity index (χ0n) is 33.8. The lowest BCUT2D eigenvalue weighted by Gasteiger charge is -2.34. The van der Waals surface area contributed by atoms with Crippen LogP contribution in [-0.4, -0.2) is 71.0 Å². The highest BCUT2D eigenvalue weighted by atomic mass is 19.4. The van der Waals surface area contributed by atoms with E-state index in [4.69, 9.17) is 20.9 Å². The Morgan fingerprint density at radius 1 is 0.641 bits per heavy atom. The molecule has 2 spiro atoms. The van der Waals surface area contributed by atoms with E-state index in [1.807, 2.05) is 0 Å². The predicted molar refractivity (Wildman–Crippen MR) is 218 cm³/mol. The Bertz CT molecular complexity index is 2340. The van der Waals surface area contributed by atoms with Gasteiger partial charge in [-0.1, -0.05) is 0 Å². The van der Waals surface area contributed by atoms with Crippen LogP contribution in [0.3, 0.4) is 0 Å². The second-order valence-corrected chi connectivity index (χ2v) is 15.8. The molecule has 0 atom stereocenters. The minimum atomic E-state index is -4.85. The van der Waals surface area contributed by atoms with Crippen LogP contribution in [0.4, 0.5) is 70.1 Å². The number of alkyl halides is 6. The first kappa shape index (κ1) is 45.0. The minimum Gasteiger partial charge on any atom is -0.441 e. The summed E-state index contributed by atoms with van der Waals surface area (Å²) in [6.45, 7) is 0.759. The second kappa shape index (κ2) is 18.0. The van der Waals surface area contributed by atoms with Crippen LogP contribution in [0.1, 0.15) is 51.4 Å². The lowest BCUT2D eigenvalue weighted by Crippen LogP contribution is -2.41. The average molecular weight is 901 g/mol. The van der Waals surface area contributed by atoms with Crippen molar-refractivity contribution in [2.24, 2.45) is 11.8 Å². The smallest absolute Gasteiger partial charge is 0.441 e. The maximum Gasteiger partial charge on any atom is 0.573 e. The Hall–Kier alpha value is -7.00. The van der Waals surface area contributed by atoms with Gasteiger partial charge in [0, 0.05) is 36.4 Å². The highest BCUT2D eigenvalue weighted by Gasteiger charge is 2.50. The number of nitrogens with two attached hydrogens (primary N) is 2. The Morgan fingerprint density at radius 2 is 1.08 bits per heavy atom. The summed E-state index contributed by atoms with van der Waals surface area (Å²) < 4.78 is 93.4. The van der Waals surface area contributed by atoms with Gasteiger partial charge in [-0.25, -0.2) is 9.59 Å². The van der Waals surface area contributed by atoms with Crippen molar-refractivity contribution < 1.29 is 64.5 Å². The molecule has 0 unspecified atom stereocenters. The first-order valence-electron chi connectivity index (χ1n) is 20.0. The van der Waals surface area contributed by atoms with Crippen molar-refractivity contribution in [3.63, 3.8) is 0 Å². The van der Waals surface area contributed by atoms with Gasteiger partial charge in [-0.15, -0.1) is 26.3 Å². The van der Waals surface area contributed by atoms with Crippen molar-refractivity contribution >= 4 is 58.1 Å². The van der Waals surface area contributed by atoms with Crippen LogP contribution in [0, 0.1) is 11.8 Å². The highest BCUT2D eigenvalue weighted by Crippen LogP contribution is 2.43. The molecule has 22 heteroatoms. The molecule has 4 heterocycles. The van der Waals surface area contributed by atoms with Crippen LogP contribution in [0.25, 0.3) is 0 Å². The zero-order chi connectivity index (χ0) is 45.9. The van der Waals surface area contributed by atoms with E-state index >= 15 is 0 Å². The van der Waals surface area contributed by atoms with Crippen molar-refractivity contribution in [1.29, 1.82) is 0 Å². The summed E-state index contributed by atoms with van der Waals surface area (Å²) in [5, 5.41) is 5.26. The molecule has 0 bridgehead atoms. The molecule has 6 N–H and O–H groups in total. The zero-order valence-corrected chi connectivity index (χ0v) is 33.8. The number of amides is 4. The molecule has 0 radical (unpaired) electrons. The van der Waals surface area contributed by atoms with Gasteiger partial charge in [0.05, 0.1) is 59.6 Å². The SMILES string of the molecule is Nc1cc(OC(F)(F)F)ccc1NC(=O)[C@H]1CC[C@]2(CC1)CN(c1cccnc1)C(=O)O2.Nc1ccc(OC(F)(F)F)cc1NC(=O)[C@H]1CC[C@]2(CC1)CN(c1cccnc1)C(=O)O2. The molecule has 2 aliphatic carbocycles. The summed E-state index contributed by atoms with van der Waals surface area (Å²) in [6.07, 6.45) is -0.246. The lowest BCUT2D eigenvalue weighted by molar-refractivity contribution is -0.275. The molecule has 4 amide bonds. The minimum absolute atomic E-state index is 0.0378. The molecule has 64 heavy (non-hydrogen) atoms. The molecule has 2 aromatic carbocycles. The monoisotopic (exact) mass is 900 g/mol. The van der Waals surface area contributed by atoms with Crippen LogP contribution in [0.5, 0.6) is 11.5 Å². The van der Waals surface area contributed by atoms with Crippen molar-refractivity contribution in [2.45, 2.75) is 75.3 Å². The summed E-state index contributed by atoms with van der Waals surface area (Å²) in [5.41, 5.74) is 11.9. The molecule has 8 rings (SSSR count). The lowest BCUT2D eigenvalue weighted by atomic mass is 9.78. The van der Waals surface area contributed by atoms with Gasteiger partial charge in [0.15, 0.2) is 0 Å². The maximum absolute atomic E-state index is 12.7. The Kier molecular flexibility index (Phi) is 12.7. The standard InChI is InChI=1S/2C21H21F3N4O4/c22-21(23,24)31-15-3-4-17(16(25)10-15)27-18(29)13-5-7-20(8-6-13)12-28(19(30)32-20)14-2-1-9-26-11-14;22-21(23,24)31-15-3-4-16(25)17(10-15)27-18(29)13-5-7-20(8-6-13)12-28(19(30)32-20)14-2-1-9-26-11-14/h2*1-4,9-11,13H,5-8,12,25H2,(H,27,29)/t2*13-,20-. The fourth-order valence-electron chi connectivity index (χ4n) is 8.17. The summed E-state index contributed by atoms with van der Waals surface area (Å²) in [6, 6.07) is 13.7. The molecular formula is C42H42F6N8O8. The van der Waals surface area contributed by atoms with Crippen molar-refractivity contribution in [1.82, 2.24) is 9.97 Å². The summed E-state index contributed by atoms with van der Waals surface area (Å²) in [5.74, 6) is -2.31. The van der Waals surface area contributed by atoms with Crippen LogP contribution in [-0.2, 0) is 19.1 Å². The number of ether oxygens (including phenoxy) is 4. The molecule has 2 aliphatic heterocycles. The van der Waals surface area contributed by atoms with E-state index in [-0.39, 0.29) is 40.5 Å². The summed E-state index contributed by atoms with van der Waals surface area (Å²) >= 11 is 0. The molecular weight excluding hydrogens is 858 g/mol. The van der Waals surface area contributed by atoms with E-state index in [0.717, 1.165) is 24.3 Å². The molecule has 2 saturated carbocycles. The van der Waals surface area contributed by atoms with Crippen LogP contribution >= 0.6 is 0 Å². The number of anilines is 6. The van der Waals surface area contributed by atoms with Gasteiger partial charge in [-0.3, -0.25) is 29.4 Å². The number of halogens is 6. The number of aromatic nitrogens is 2. The number of hydrogen-bond acceptors (Lipinski definition) is 12. The first-order valence-corrected chi connectivity index (χ1v) is 20.0. The number of carbonyl (C=O) groups excluding carboxylic acids is 4. The third-order valence-electron chi connectivity index (χ3n) is 11.4. The fraction of sp³-hybridized carbons (Fsp3) is 0.381. The Balaban J connectivity index is 0.000000191. The quantitative estimate of drug-likeness (QED) is 0.0974. The maximum atomic E-state index is 12.7. The molecule has 4 aliphatic rings. The van der Waals surface area contributed by atoms with E-state index in [1.54, 1.807) is 54.0 Å². The van der Waals surface area contributed by atoms with Gasteiger partial charge in [-0.2, -0.15) is 0 Å². The number of rotatable bonds is 8. The average Bonchev–Trinajstić information content (AvgIpc) is 3.74. The number of carbonyl (C=O) groups is 4. The molecule has 4 fully saturated rings. The number of nitrogens with zero attached hydrogens (tertiary/aromatic N) is 4. The normalized spacial score (nSPS) is 23.2.